The van der Waals surface area contributed by atoms with Gasteiger partial charge in [-0.1, -0.05) is 11.6 Å². The van der Waals surface area contributed by atoms with Crippen molar-refractivity contribution < 1.29 is 26.4 Å². The molecule has 0 saturated carbocycles. The molecular weight excluding hydrogens is 373 g/mol. The number of primary amides is 1. The van der Waals surface area contributed by atoms with Crippen LogP contribution in [0.2, 0.25) is 5.02 Å². The lowest BCUT2D eigenvalue weighted by atomic mass is 10.1. The summed E-state index contributed by atoms with van der Waals surface area (Å²) in [6.45, 7) is 0. The Labute approximate surface area is 139 Å². The smallest absolute Gasteiger partial charge is 0.369 e. The monoisotopic (exact) mass is 382 g/mol. The number of aromatic nitrogens is 2. The van der Waals surface area contributed by atoms with Gasteiger partial charge in [-0.3, -0.25) is 4.79 Å². The normalized spacial score (nSPS) is 12.4. The standard InChI is InChI=1S/C12H10ClF3N4O3S/c13-8-1-6(3-10(17)21)2-9(24(18,22)23)11(8)20-5-7(4-19-20)12(14,15)16/h1-2,4-5H,3H2,(H2,17,21)(H2,18,22,23). The Balaban J connectivity index is 2.69. The molecule has 130 valence electrons. The highest BCUT2D eigenvalue weighted by molar-refractivity contribution is 7.89. The maximum Gasteiger partial charge on any atom is 0.419 e. The van der Waals surface area contributed by atoms with Gasteiger partial charge in [-0.2, -0.15) is 18.3 Å². The summed E-state index contributed by atoms with van der Waals surface area (Å²) in [7, 11) is -4.37. The fourth-order valence-corrected chi connectivity index (χ4v) is 3.13. The van der Waals surface area contributed by atoms with Crippen LogP contribution < -0.4 is 10.9 Å². The molecule has 1 aromatic heterocycles. The van der Waals surface area contributed by atoms with E-state index in [1.165, 1.54) is 6.07 Å². The van der Waals surface area contributed by atoms with E-state index in [0.717, 1.165) is 6.07 Å². The lowest BCUT2D eigenvalue weighted by Gasteiger charge is -2.12. The Morgan fingerprint density at radius 2 is 1.96 bits per heavy atom. The molecule has 0 aliphatic carbocycles. The van der Waals surface area contributed by atoms with E-state index in [2.05, 4.69) is 5.10 Å². The Morgan fingerprint density at radius 1 is 1.33 bits per heavy atom. The van der Waals surface area contributed by atoms with E-state index in [-0.39, 0.29) is 22.7 Å². The van der Waals surface area contributed by atoms with Gasteiger partial charge < -0.3 is 5.73 Å². The number of nitrogens with zero attached hydrogens (tertiary/aromatic N) is 2. The van der Waals surface area contributed by atoms with Gasteiger partial charge in [0.05, 0.1) is 23.2 Å². The summed E-state index contributed by atoms with van der Waals surface area (Å²) in [6.07, 6.45) is -3.90. The predicted octanol–water partition coefficient (Wildman–Crippen LogP) is 1.22. The third kappa shape index (κ3) is 3.86. The number of carbonyl (C=O) groups is 1. The minimum Gasteiger partial charge on any atom is -0.369 e. The maximum atomic E-state index is 12.7. The van der Waals surface area contributed by atoms with Crippen molar-refractivity contribution in [3.8, 4) is 5.69 Å². The quantitative estimate of drug-likeness (QED) is 0.825. The second-order valence-corrected chi connectivity index (χ2v) is 6.72. The molecule has 0 bridgehead atoms. The van der Waals surface area contributed by atoms with Crippen molar-refractivity contribution in [3.05, 3.63) is 40.7 Å². The van der Waals surface area contributed by atoms with Gasteiger partial charge in [0.2, 0.25) is 15.9 Å². The number of sulfonamides is 1. The number of rotatable bonds is 4. The fraction of sp³-hybridized carbons (Fsp3) is 0.167. The number of primary sulfonamides is 1. The van der Waals surface area contributed by atoms with Gasteiger partial charge in [0, 0.05) is 6.20 Å². The molecule has 2 aromatic rings. The van der Waals surface area contributed by atoms with Crippen LogP contribution >= 0.6 is 11.6 Å². The predicted molar refractivity (Wildman–Crippen MR) is 77.8 cm³/mol. The molecule has 0 aliphatic rings. The van der Waals surface area contributed by atoms with E-state index in [9.17, 15) is 26.4 Å². The zero-order valence-corrected chi connectivity index (χ0v) is 13.3. The Hall–Kier alpha value is -2.11. The molecule has 0 fully saturated rings. The van der Waals surface area contributed by atoms with Gasteiger partial charge in [-0.05, 0) is 17.7 Å². The first-order valence-electron chi connectivity index (χ1n) is 6.15. The second kappa shape index (κ2) is 6.07. The number of nitrogens with two attached hydrogens (primary N) is 2. The van der Waals surface area contributed by atoms with Gasteiger partial charge >= 0.3 is 6.18 Å². The Bertz CT molecular complexity index is 909. The molecule has 0 atom stereocenters. The first kappa shape index (κ1) is 18.2. The van der Waals surface area contributed by atoms with Crippen molar-refractivity contribution in [2.75, 3.05) is 0 Å². The Morgan fingerprint density at radius 3 is 2.42 bits per heavy atom. The second-order valence-electron chi connectivity index (χ2n) is 4.78. The molecule has 12 heteroatoms. The van der Waals surface area contributed by atoms with Crippen molar-refractivity contribution >= 4 is 27.5 Å². The highest BCUT2D eigenvalue weighted by Gasteiger charge is 2.33. The van der Waals surface area contributed by atoms with E-state index in [1.807, 2.05) is 0 Å². The molecule has 1 heterocycles. The highest BCUT2D eigenvalue weighted by Crippen LogP contribution is 2.33. The van der Waals surface area contributed by atoms with Crippen LogP contribution in [0.25, 0.3) is 5.69 Å². The van der Waals surface area contributed by atoms with Crippen LogP contribution in [0.1, 0.15) is 11.1 Å². The molecule has 2 rings (SSSR count). The summed E-state index contributed by atoms with van der Waals surface area (Å²) >= 11 is 5.97. The number of hydrogen-bond donors (Lipinski definition) is 2. The summed E-state index contributed by atoms with van der Waals surface area (Å²) in [5.74, 6) is -0.752. The first-order valence-corrected chi connectivity index (χ1v) is 8.08. The van der Waals surface area contributed by atoms with E-state index in [4.69, 9.17) is 22.5 Å². The average Bonchev–Trinajstić information content (AvgIpc) is 2.85. The lowest BCUT2D eigenvalue weighted by Crippen LogP contribution is -2.18. The lowest BCUT2D eigenvalue weighted by molar-refractivity contribution is -0.137. The molecule has 0 radical (unpaired) electrons. The molecule has 4 N–H and O–H groups in total. The van der Waals surface area contributed by atoms with Crippen molar-refractivity contribution in [3.63, 3.8) is 0 Å². The van der Waals surface area contributed by atoms with Crippen LogP contribution in [0.3, 0.4) is 0 Å². The Kier molecular flexibility index (Phi) is 4.61. The zero-order valence-electron chi connectivity index (χ0n) is 11.7. The molecule has 1 aromatic carbocycles. The van der Waals surface area contributed by atoms with Crippen LogP contribution in [-0.2, 0) is 27.4 Å². The largest absolute Gasteiger partial charge is 0.419 e. The summed E-state index contributed by atoms with van der Waals surface area (Å²) < 4.78 is 62.2. The van der Waals surface area contributed by atoms with E-state index < -0.39 is 32.6 Å². The van der Waals surface area contributed by atoms with Crippen molar-refractivity contribution in [1.82, 2.24) is 9.78 Å². The summed E-state index contributed by atoms with van der Waals surface area (Å²) in [5, 5.41) is 8.31. The molecule has 7 nitrogen and oxygen atoms in total. The van der Waals surface area contributed by atoms with E-state index >= 15 is 0 Å². The third-order valence-corrected chi connectivity index (χ3v) is 4.12. The third-order valence-electron chi connectivity index (χ3n) is 2.91. The number of benzene rings is 1. The molecule has 0 unspecified atom stereocenters. The zero-order chi connectivity index (χ0) is 18.3. The number of amides is 1. The van der Waals surface area contributed by atoms with Crippen molar-refractivity contribution in [2.24, 2.45) is 10.9 Å². The minimum atomic E-state index is -4.67. The number of halogens is 4. The van der Waals surface area contributed by atoms with Gasteiger partial charge in [0.15, 0.2) is 0 Å². The van der Waals surface area contributed by atoms with Crippen LogP contribution in [0.15, 0.2) is 29.4 Å². The summed E-state index contributed by atoms with van der Waals surface area (Å²) in [5.41, 5.74) is 3.72. The molecule has 0 aliphatic heterocycles. The van der Waals surface area contributed by atoms with Gasteiger partial charge in [-0.25, -0.2) is 18.2 Å². The van der Waals surface area contributed by atoms with Crippen molar-refractivity contribution in [1.29, 1.82) is 0 Å². The average molecular weight is 383 g/mol. The molecular formula is C12H10ClF3N4O3S. The summed E-state index contributed by atoms with van der Waals surface area (Å²) in [4.78, 5) is 10.4. The van der Waals surface area contributed by atoms with Crippen LogP contribution in [0.4, 0.5) is 13.2 Å². The molecule has 0 saturated heterocycles. The number of carbonyl (C=O) groups excluding carboxylic acids is 1. The SMILES string of the molecule is NC(=O)Cc1cc(Cl)c(-n2cc(C(F)(F)F)cn2)c(S(N)(=O)=O)c1. The first-order chi connectivity index (χ1) is 10.9. The van der Waals surface area contributed by atoms with Crippen LogP contribution in [-0.4, -0.2) is 24.1 Å². The van der Waals surface area contributed by atoms with E-state index in [1.54, 1.807) is 0 Å². The summed E-state index contributed by atoms with van der Waals surface area (Å²) in [6, 6.07) is 2.21. The van der Waals surface area contributed by atoms with E-state index in [0.29, 0.717) is 17.1 Å². The van der Waals surface area contributed by atoms with Gasteiger partial charge in [-0.15, -0.1) is 0 Å². The fourth-order valence-electron chi connectivity index (χ4n) is 1.96. The molecule has 0 spiro atoms. The van der Waals surface area contributed by atoms with Gasteiger partial charge in [0.1, 0.15) is 10.6 Å². The minimum absolute atomic E-state index is 0.142. The van der Waals surface area contributed by atoms with Crippen LogP contribution in [0.5, 0.6) is 0 Å². The van der Waals surface area contributed by atoms with Crippen LogP contribution in [0, 0.1) is 0 Å². The molecule has 24 heavy (non-hydrogen) atoms. The van der Waals surface area contributed by atoms with Gasteiger partial charge in [0.25, 0.3) is 0 Å². The maximum absolute atomic E-state index is 12.7. The highest BCUT2D eigenvalue weighted by atomic mass is 35.5. The number of alkyl halides is 3. The number of hydrogen-bond acceptors (Lipinski definition) is 4. The topological polar surface area (TPSA) is 121 Å². The molecule has 1 amide bonds. The van der Waals surface area contributed by atoms with Crippen molar-refractivity contribution in [2.45, 2.75) is 17.5 Å².